The third kappa shape index (κ3) is 3.68. The molecule has 2 aliphatic heterocycles. The van der Waals surface area contributed by atoms with Crippen molar-refractivity contribution in [2.75, 3.05) is 33.2 Å². The molecule has 0 radical (unpaired) electrons. The normalized spacial score (nSPS) is 26.0. The lowest BCUT2D eigenvalue weighted by molar-refractivity contribution is -0.136. The maximum Gasteiger partial charge on any atom is 0.227 e. The molecule has 0 spiro atoms. The van der Waals surface area contributed by atoms with Crippen molar-refractivity contribution in [2.24, 2.45) is 5.92 Å². The standard InChI is InChI=1S/C18H27N3O/c1-20(18(22)16-8-5-10-19-12-16)17-9-11-21(14-17)13-15-6-3-2-4-7-15/h2-4,6-7,16-17,19H,5,8-14H2,1H3. The van der Waals surface area contributed by atoms with Crippen LogP contribution in [0, 0.1) is 5.92 Å². The summed E-state index contributed by atoms with van der Waals surface area (Å²) in [5, 5.41) is 3.34. The van der Waals surface area contributed by atoms with Crippen LogP contribution in [0.5, 0.6) is 0 Å². The number of hydrogen-bond acceptors (Lipinski definition) is 3. The topological polar surface area (TPSA) is 35.6 Å². The average molecular weight is 301 g/mol. The van der Waals surface area contributed by atoms with Gasteiger partial charge in [0, 0.05) is 39.3 Å². The van der Waals surface area contributed by atoms with E-state index in [1.165, 1.54) is 5.56 Å². The molecule has 2 fully saturated rings. The monoisotopic (exact) mass is 301 g/mol. The van der Waals surface area contributed by atoms with E-state index in [2.05, 4.69) is 40.5 Å². The Morgan fingerprint density at radius 2 is 2.14 bits per heavy atom. The number of piperidine rings is 1. The summed E-state index contributed by atoms with van der Waals surface area (Å²) in [7, 11) is 1.99. The molecule has 1 amide bonds. The largest absolute Gasteiger partial charge is 0.341 e. The lowest BCUT2D eigenvalue weighted by Crippen LogP contribution is -2.46. The van der Waals surface area contributed by atoms with Crippen LogP contribution in [-0.2, 0) is 11.3 Å². The number of likely N-dealkylation sites (tertiary alicyclic amines) is 1. The van der Waals surface area contributed by atoms with Gasteiger partial charge in [-0.1, -0.05) is 30.3 Å². The van der Waals surface area contributed by atoms with Crippen molar-refractivity contribution in [3.63, 3.8) is 0 Å². The molecule has 22 heavy (non-hydrogen) atoms. The predicted octanol–water partition coefficient (Wildman–Crippen LogP) is 1.72. The van der Waals surface area contributed by atoms with E-state index in [4.69, 9.17) is 0 Å². The van der Waals surface area contributed by atoms with Gasteiger partial charge in [-0.25, -0.2) is 0 Å². The molecule has 0 aliphatic carbocycles. The second kappa shape index (κ2) is 7.25. The summed E-state index contributed by atoms with van der Waals surface area (Å²) in [5.41, 5.74) is 1.36. The van der Waals surface area contributed by atoms with Gasteiger partial charge < -0.3 is 10.2 Å². The van der Waals surface area contributed by atoms with Gasteiger partial charge in [0.25, 0.3) is 0 Å². The van der Waals surface area contributed by atoms with Crippen molar-refractivity contribution in [2.45, 2.75) is 31.8 Å². The number of amides is 1. The summed E-state index contributed by atoms with van der Waals surface area (Å²) >= 11 is 0. The molecule has 4 nitrogen and oxygen atoms in total. The van der Waals surface area contributed by atoms with Gasteiger partial charge in [0.15, 0.2) is 0 Å². The number of hydrogen-bond donors (Lipinski definition) is 1. The highest BCUT2D eigenvalue weighted by Crippen LogP contribution is 2.20. The zero-order valence-corrected chi connectivity index (χ0v) is 13.5. The molecular weight excluding hydrogens is 274 g/mol. The van der Waals surface area contributed by atoms with Gasteiger partial charge >= 0.3 is 0 Å². The molecule has 120 valence electrons. The molecule has 2 saturated heterocycles. The van der Waals surface area contributed by atoms with Gasteiger partial charge in [-0.3, -0.25) is 9.69 Å². The summed E-state index contributed by atoms with van der Waals surface area (Å²) in [6.45, 7) is 4.98. The Bertz CT molecular complexity index is 484. The summed E-state index contributed by atoms with van der Waals surface area (Å²) < 4.78 is 0. The van der Waals surface area contributed by atoms with Crippen LogP contribution in [0.3, 0.4) is 0 Å². The second-order valence-corrected chi connectivity index (χ2v) is 6.66. The van der Waals surface area contributed by atoms with E-state index in [0.717, 1.165) is 52.0 Å². The molecule has 0 saturated carbocycles. The molecule has 0 bridgehead atoms. The molecule has 2 aliphatic rings. The third-order valence-corrected chi connectivity index (χ3v) is 5.04. The van der Waals surface area contributed by atoms with Gasteiger partial charge in [-0.05, 0) is 31.4 Å². The Hall–Kier alpha value is -1.39. The van der Waals surface area contributed by atoms with Crippen molar-refractivity contribution in [1.82, 2.24) is 15.1 Å². The average Bonchev–Trinajstić information content (AvgIpc) is 3.04. The van der Waals surface area contributed by atoms with Crippen LogP contribution in [0.4, 0.5) is 0 Å². The fraction of sp³-hybridized carbons (Fsp3) is 0.611. The fourth-order valence-electron chi connectivity index (χ4n) is 3.64. The number of rotatable bonds is 4. The van der Waals surface area contributed by atoms with E-state index in [-0.39, 0.29) is 5.92 Å². The molecule has 2 atom stereocenters. The van der Waals surface area contributed by atoms with E-state index < -0.39 is 0 Å². The van der Waals surface area contributed by atoms with Gasteiger partial charge in [-0.15, -0.1) is 0 Å². The number of carbonyl (C=O) groups excluding carboxylic acids is 1. The van der Waals surface area contributed by atoms with Gasteiger partial charge in [0.2, 0.25) is 5.91 Å². The SMILES string of the molecule is CN(C(=O)C1CCCNC1)C1CCN(Cc2ccccc2)C1. The van der Waals surface area contributed by atoms with Crippen LogP contribution in [0.2, 0.25) is 0 Å². The lowest BCUT2D eigenvalue weighted by Gasteiger charge is -2.31. The van der Waals surface area contributed by atoms with E-state index >= 15 is 0 Å². The molecule has 1 aromatic carbocycles. The van der Waals surface area contributed by atoms with Crippen LogP contribution in [0.1, 0.15) is 24.8 Å². The van der Waals surface area contributed by atoms with Crippen molar-refractivity contribution in [3.05, 3.63) is 35.9 Å². The van der Waals surface area contributed by atoms with Gasteiger partial charge in [-0.2, -0.15) is 0 Å². The zero-order valence-electron chi connectivity index (χ0n) is 13.5. The predicted molar refractivity (Wildman–Crippen MR) is 88.5 cm³/mol. The first kappa shape index (κ1) is 15.5. The molecule has 0 aromatic heterocycles. The van der Waals surface area contributed by atoms with E-state index in [9.17, 15) is 4.79 Å². The number of nitrogens with zero attached hydrogens (tertiary/aromatic N) is 2. The zero-order chi connectivity index (χ0) is 15.4. The Kier molecular flexibility index (Phi) is 5.11. The smallest absolute Gasteiger partial charge is 0.227 e. The minimum atomic E-state index is 0.182. The number of likely N-dealkylation sites (N-methyl/N-ethyl adjacent to an activating group) is 1. The Labute approximate surface area is 133 Å². The maximum atomic E-state index is 12.6. The third-order valence-electron chi connectivity index (χ3n) is 5.04. The van der Waals surface area contributed by atoms with Crippen LogP contribution in [0.25, 0.3) is 0 Å². The highest BCUT2D eigenvalue weighted by molar-refractivity contribution is 5.79. The van der Waals surface area contributed by atoms with Crippen molar-refractivity contribution >= 4 is 5.91 Å². The fourth-order valence-corrected chi connectivity index (χ4v) is 3.64. The molecule has 2 heterocycles. The van der Waals surface area contributed by atoms with Crippen molar-refractivity contribution in [3.8, 4) is 0 Å². The Balaban J connectivity index is 1.52. The summed E-state index contributed by atoms with van der Waals surface area (Å²) in [4.78, 5) is 17.1. The molecule has 4 heteroatoms. The van der Waals surface area contributed by atoms with E-state index in [0.29, 0.717) is 11.9 Å². The van der Waals surface area contributed by atoms with Crippen molar-refractivity contribution < 1.29 is 4.79 Å². The van der Waals surface area contributed by atoms with Crippen LogP contribution in [-0.4, -0.2) is 55.0 Å². The first-order valence-corrected chi connectivity index (χ1v) is 8.47. The second-order valence-electron chi connectivity index (χ2n) is 6.66. The minimum absolute atomic E-state index is 0.182. The summed E-state index contributed by atoms with van der Waals surface area (Å²) in [6, 6.07) is 11.0. The highest BCUT2D eigenvalue weighted by Gasteiger charge is 2.32. The molecule has 1 N–H and O–H groups in total. The van der Waals surface area contributed by atoms with Gasteiger partial charge in [0.05, 0.1) is 5.92 Å². The molecular formula is C18H27N3O. The quantitative estimate of drug-likeness (QED) is 0.920. The molecule has 3 rings (SSSR count). The van der Waals surface area contributed by atoms with Crippen LogP contribution >= 0.6 is 0 Å². The van der Waals surface area contributed by atoms with Crippen LogP contribution < -0.4 is 5.32 Å². The molecule has 1 aromatic rings. The maximum absolute atomic E-state index is 12.6. The molecule has 2 unspecified atom stereocenters. The summed E-state index contributed by atoms with van der Waals surface area (Å²) in [6.07, 6.45) is 3.25. The summed E-state index contributed by atoms with van der Waals surface area (Å²) in [5.74, 6) is 0.515. The number of nitrogens with one attached hydrogen (secondary N) is 1. The van der Waals surface area contributed by atoms with Gasteiger partial charge in [0.1, 0.15) is 0 Å². The minimum Gasteiger partial charge on any atom is -0.341 e. The highest BCUT2D eigenvalue weighted by atomic mass is 16.2. The first-order chi connectivity index (χ1) is 10.7. The Morgan fingerprint density at radius 1 is 1.32 bits per heavy atom. The lowest BCUT2D eigenvalue weighted by atomic mass is 9.97. The van der Waals surface area contributed by atoms with Crippen molar-refractivity contribution in [1.29, 1.82) is 0 Å². The van der Waals surface area contributed by atoms with E-state index in [1.54, 1.807) is 0 Å². The van der Waals surface area contributed by atoms with E-state index in [1.807, 2.05) is 11.9 Å². The number of carbonyl (C=O) groups is 1. The first-order valence-electron chi connectivity index (χ1n) is 8.47. The van der Waals surface area contributed by atoms with Crippen LogP contribution in [0.15, 0.2) is 30.3 Å². The Morgan fingerprint density at radius 3 is 2.86 bits per heavy atom. The number of benzene rings is 1.